The topological polar surface area (TPSA) is 75.4 Å². The maximum atomic E-state index is 12.9. The van der Waals surface area contributed by atoms with Gasteiger partial charge in [0, 0.05) is 37.2 Å². The van der Waals surface area contributed by atoms with E-state index in [1.807, 2.05) is 23.1 Å². The van der Waals surface area contributed by atoms with Crippen molar-refractivity contribution in [1.82, 2.24) is 10.2 Å². The fourth-order valence-corrected chi connectivity index (χ4v) is 3.47. The molecular weight excluding hydrogens is 314 g/mol. The third-order valence-corrected chi connectivity index (χ3v) is 4.86. The monoisotopic (exact) mass is 337 g/mol. The number of nitrogens with two attached hydrogens (primary N) is 1. The zero-order chi connectivity index (χ0) is 17.8. The Bertz CT molecular complexity index is 761. The van der Waals surface area contributed by atoms with Gasteiger partial charge >= 0.3 is 0 Å². The quantitative estimate of drug-likeness (QED) is 0.894. The summed E-state index contributed by atoms with van der Waals surface area (Å²) in [6.07, 6.45) is 0. The van der Waals surface area contributed by atoms with Crippen molar-refractivity contribution in [2.75, 3.05) is 26.7 Å². The molecule has 2 amide bonds. The fourth-order valence-electron chi connectivity index (χ4n) is 3.47. The zero-order valence-corrected chi connectivity index (χ0v) is 14.3. The third-order valence-electron chi connectivity index (χ3n) is 4.86. The van der Waals surface area contributed by atoms with Crippen LogP contribution in [0.25, 0.3) is 0 Å². The van der Waals surface area contributed by atoms with Crippen LogP contribution in [0.4, 0.5) is 0 Å². The van der Waals surface area contributed by atoms with Gasteiger partial charge in [-0.1, -0.05) is 36.4 Å². The summed E-state index contributed by atoms with van der Waals surface area (Å²) in [5, 5.41) is 2.58. The number of hydrogen-bond donors (Lipinski definition) is 2. The van der Waals surface area contributed by atoms with Crippen molar-refractivity contribution >= 4 is 11.8 Å². The molecule has 3 rings (SSSR count). The summed E-state index contributed by atoms with van der Waals surface area (Å²) >= 11 is 0. The van der Waals surface area contributed by atoms with Crippen LogP contribution < -0.4 is 11.1 Å². The summed E-state index contributed by atoms with van der Waals surface area (Å²) in [7, 11) is 1.58. The van der Waals surface area contributed by atoms with Gasteiger partial charge in [0.2, 0.25) is 0 Å². The number of nitrogens with one attached hydrogen (secondary N) is 1. The van der Waals surface area contributed by atoms with E-state index < -0.39 is 0 Å². The Morgan fingerprint density at radius 2 is 1.80 bits per heavy atom. The van der Waals surface area contributed by atoms with Gasteiger partial charge in [-0.2, -0.15) is 0 Å². The SMILES string of the molecule is CNC(=O)c1cccc(C(=O)N2C[C@@H](CN)[C@H](c3ccccc3)C2)c1. The van der Waals surface area contributed by atoms with E-state index in [4.69, 9.17) is 5.73 Å². The second-order valence-corrected chi connectivity index (χ2v) is 6.38. The average Bonchev–Trinajstić information content (AvgIpc) is 3.12. The minimum Gasteiger partial charge on any atom is -0.355 e. The molecule has 0 saturated carbocycles. The van der Waals surface area contributed by atoms with Crippen LogP contribution in [0.3, 0.4) is 0 Å². The summed E-state index contributed by atoms with van der Waals surface area (Å²) < 4.78 is 0. The molecule has 0 unspecified atom stereocenters. The first-order valence-electron chi connectivity index (χ1n) is 8.50. The van der Waals surface area contributed by atoms with Gasteiger partial charge in [0.25, 0.3) is 11.8 Å². The third kappa shape index (κ3) is 3.56. The van der Waals surface area contributed by atoms with Gasteiger partial charge in [0.1, 0.15) is 0 Å². The van der Waals surface area contributed by atoms with Crippen LogP contribution in [0.5, 0.6) is 0 Å². The van der Waals surface area contributed by atoms with E-state index in [0.29, 0.717) is 30.8 Å². The van der Waals surface area contributed by atoms with Gasteiger partial charge in [-0.25, -0.2) is 0 Å². The first-order valence-corrected chi connectivity index (χ1v) is 8.50. The maximum absolute atomic E-state index is 12.9. The van der Waals surface area contributed by atoms with Crippen LogP contribution in [0.15, 0.2) is 54.6 Å². The van der Waals surface area contributed by atoms with E-state index in [0.717, 1.165) is 0 Å². The number of carbonyl (C=O) groups is 2. The van der Waals surface area contributed by atoms with E-state index in [1.54, 1.807) is 31.3 Å². The molecule has 1 saturated heterocycles. The average molecular weight is 337 g/mol. The Kier molecular flexibility index (Phi) is 5.14. The first kappa shape index (κ1) is 17.2. The lowest BCUT2D eigenvalue weighted by Gasteiger charge is -2.17. The first-order chi connectivity index (χ1) is 12.1. The standard InChI is InChI=1S/C20H23N3O2/c1-22-19(24)15-8-5-9-16(10-15)20(25)23-12-17(11-21)18(13-23)14-6-3-2-4-7-14/h2-10,17-18H,11-13,21H2,1H3,(H,22,24)/t17-,18+/m1/s1. The molecule has 25 heavy (non-hydrogen) atoms. The molecule has 0 aromatic heterocycles. The van der Waals surface area contributed by atoms with Gasteiger partial charge in [0.15, 0.2) is 0 Å². The predicted octanol–water partition coefficient (Wildman–Crippen LogP) is 1.86. The highest BCUT2D eigenvalue weighted by Crippen LogP contribution is 2.32. The summed E-state index contributed by atoms with van der Waals surface area (Å²) in [5.41, 5.74) is 8.19. The van der Waals surface area contributed by atoms with Gasteiger partial charge in [-0.15, -0.1) is 0 Å². The van der Waals surface area contributed by atoms with E-state index in [2.05, 4.69) is 17.4 Å². The lowest BCUT2D eigenvalue weighted by molar-refractivity contribution is 0.0786. The number of amides is 2. The molecule has 0 radical (unpaired) electrons. The van der Waals surface area contributed by atoms with Crippen molar-refractivity contribution in [1.29, 1.82) is 0 Å². The smallest absolute Gasteiger partial charge is 0.253 e. The number of likely N-dealkylation sites (tertiary alicyclic amines) is 1. The lowest BCUT2D eigenvalue weighted by Crippen LogP contribution is -2.30. The molecular formula is C20H23N3O2. The van der Waals surface area contributed by atoms with Gasteiger partial charge in [-0.05, 0) is 36.2 Å². The highest BCUT2D eigenvalue weighted by Gasteiger charge is 2.35. The molecule has 2 aromatic carbocycles. The molecule has 3 N–H and O–H groups in total. The molecule has 0 spiro atoms. The van der Waals surface area contributed by atoms with Crippen LogP contribution in [-0.4, -0.2) is 43.4 Å². The van der Waals surface area contributed by atoms with Crippen LogP contribution in [0.2, 0.25) is 0 Å². The van der Waals surface area contributed by atoms with Crippen LogP contribution in [0.1, 0.15) is 32.2 Å². The molecule has 1 heterocycles. The van der Waals surface area contributed by atoms with Crippen molar-refractivity contribution < 1.29 is 9.59 Å². The molecule has 1 aliphatic rings. The molecule has 0 bridgehead atoms. The second-order valence-electron chi connectivity index (χ2n) is 6.38. The number of hydrogen-bond acceptors (Lipinski definition) is 3. The van der Waals surface area contributed by atoms with Crippen molar-refractivity contribution in [3.05, 3.63) is 71.3 Å². The van der Waals surface area contributed by atoms with Gasteiger partial charge < -0.3 is 16.0 Å². The summed E-state index contributed by atoms with van der Waals surface area (Å²) in [6, 6.07) is 17.0. The van der Waals surface area contributed by atoms with Gasteiger partial charge in [0.05, 0.1) is 0 Å². The lowest BCUT2D eigenvalue weighted by atomic mass is 9.89. The highest BCUT2D eigenvalue weighted by atomic mass is 16.2. The molecule has 130 valence electrons. The van der Waals surface area contributed by atoms with Crippen molar-refractivity contribution in [2.24, 2.45) is 11.7 Å². The Morgan fingerprint density at radius 3 is 2.48 bits per heavy atom. The van der Waals surface area contributed by atoms with Crippen molar-refractivity contribution in [3.63, 3.8) is 0 Å². The highest BCUT2D eigenvalue weighted by molar-refractivity contribution is 5.99. The second kappa shape index (κ2) is 7.49. The molecule has 2 atom stereocenters. The number of rotatable bonds is 4. The molecule has 5 heteroatoms. The maximum Gasteiger partial charge on any atom is 0.253 e. The van der Waals surface area contributed by atoms with Crippen LogP contribution in [-0.2, 0) is 0 Å². The number of carbonyl (C=O) groups excluding carboxylic acids is 2. The van der Waals surface area contributed by atoms with Crippen LogP contribution >= 0.6 is 0 Å². The summed E-state index contributed by atoms with van der Waals surface area (Å²) in [5.74, 6) is 0.242. The Hall–Kier alpha value is -2.66. The number of benzene rings is 2. The minimum absolute atomic E-state index is 0.0531. The van der Waals surface area contributed by atoms with E-state index >= 15 is 0 Å². The molecule has 2 aromatic rings. The molecule has 5 nitrogen and oxygen atoms in total. The Morgan fingerprint density at radius 1 is 1.08 bits per heavy atom. The Labute approximate surface area is 147 Å². The van der Waals surface area contributed by atoms with Crippen LogP contribution in [0, 0.1) is 5.92 Å². The van der Waals surface area contributed by atoms with Gasteiger partial charge in [-0.3, -0.25) is 9.59 Å². The van der Waals surface area contributed by atoms with Crippen molar-refractivity contribution in [2.45, 2.75) is 5.92 Å². The zero-order valence-electron chi connectivity index (χ0n) is 14.3. The van der Waals surface area contributed by atoms with E-state index in [-0.39, 0.29) is 23.7 Å². The minimum atomic E-state index is -0.196. The number of nitrogens with zero attached hydrogens (tertiary/aromatic N) is 1. The molecule has 0 aliphatic carbocycles. The van der Waals surface area contributed by atoms with E-state index in [9.17, 15) is 9.59 Å². The van der Waals surface area contributed by atoms with Crippen molar-refractivity contribution in [3.8, 4) is 0 Å². The normalized spacial score (nSPS) is 19.7. The van der Waals surface area contributed by atoms with E-state index in [1.165, 1.54) is 5.56 Å². The molecule has 1 fully saturated rings. The molecule has 1 aliphatic heterocycles. The summed E-state index contributed by atoms with van der Waals surface area (Å²) in [4.78, 5) is 26.5. The predicted molar refractivity (Wildman–Crippen MR) is 97.5 cm³/mol. The largest absolute Gasteiger partial charge is 0.355 e. The Balaban J connectivity index is 1.80. The fraction of sp³-hybridized carbons (Fsp3) is 0.300. The summed E-state index contributed by atoms with van der Waals surface area (Å²) in [6.45, 7) is 1.83.